The predicted molar refractivity (Wildman–Crippen MR) is 145 cm³/mol. The maximum atomic E-state index is 13.2. The summed E-state index contributed by atoms with van der Waals surface area (Å²) in [5, 5.41) is 6.15. The van der Waals surface area contributed by atoms with E-state index in [-0.39, 0.29) is 41.1 Å². The van der Waals surface area contributed by atoms with E-state index in [0.717, 1.165) is 11.1 Å². The van der Waals surface area contributed by atoms with Gasteiger partial charge in [-0.1, -0.05) is 18.2 Å². The first kappa shape index (κ1) is 25.7. The Balaban J connectivity index is 1.25. The van der Waals surface area contributed by atoms with Crippen LogP contribution >= 0.6 is 0 Å². The number of fused-ring (bicyclic) bond motifs is 3. The zero-order valence-corrected chi connectivity index (χ0v) is 22.5. The van der Waals surface area contributed by atoms with Crippen molar-refractivity contribution in [3.8, 4) is 5.75 Å². The van der Waals surface area contributed by atoms with Crippen LogP contribution in [0.15, 0.2) is 53.8 Å². The van der Waals surface area contributed by atoms with Crippen molar-refractivity contribution in [1.29, 1.82) is 0 Å². The van der Waals surface area contributed by atoms with Gasteiger partial charge in [0, 0.05) is 37.3 Å². The lowest BCUT2D eigenvalue weighted by atomic mass is 10.0. The lowest BCUT2D eigenvalue weighted by Gasteiger charge is -2.17. The van der Waals surface area contributed by atoms with Crippen LogP contribution in [0.25, 0.3) is 11.0 Å². The third-order valence-electron chi connectivity index (χ3n) is 7.17. The molecule has 0 saturated carbocycles. The second-order valence-corrected chi connectivity index (χ2v) is 12.0. The first-order valence-electron chi connectivity index (χ1n) is 12.6. The molecule has 0 spiro atoms. The number of Topliss-reactive ketones (excluding diaryl/α,β-unsaturated/α-hetero) is 2. The van der Waals surface area contributed by atoms with Crippen LogP contribution in [0.1, 0.15) is 50.5 Å². The summed E-state index contributed by atoms with van der Waals surface area (Å²) in [6.45, 7) is 1.69. The summed E-state index contributed by atoms with van der Waals surface area (Å²) in [7, 11) is -1.83. The van der Waals surface area contributed by atoms with E-state index in [1.807, 2.05) is 12.1 Å². The molecule has 1 amide bonds. The highest BCUT2D eigenvalue weighted by Gasteiger charge is 2.36. The number of aromatic nitrogens is 3. The number of aryl methyl sites for hydroxylation is 1. The van der Waals surface area contributed by atoms with Crippen molar-refractivity contribution in [3.63, 3.8) is 0 Å². The zero-order chi connectivity index (χ0) is 28.2. The molecule has 2 aromatic carbocycles. The van der Waals surface area contributed by atoms with E-state index in [1.54, 1.807) is 36.0 Å². The number of anilines is 1. The molecule has 0 fully saturated rings. The van der Waals surface area contributed by atoms with Gasteiger partial charge in [-0.05, 0) is 36.2 Å². The summed E-state index contributed by atoms with van der Waals surface area (Å²) >= 11 is 0. The van der Waals surface area contributed by atoms with Gasteiger partial charge in [0.15, 0.2) is 27.1 Å². The van der Waals surface area contributed by atoms with Crippen molar-refractivity contribution in [2.24, 2.45) is 7.05 Å². The van der Waals surface area contributed by atoms with Crippen LogP contribution in [-0.2, 0) is 34.6 Å². The number of amides is 1. The number of benzene rings is 2. The van der Waals surface area contributed by atoms with Crippen LogP contribution in [0, 0.1) is 0 Å². The summed E-state index contributed by atoms with van der Waals surface area (Å²) in [6, 6.07) is 9.63. The zero-order valence-electron chi connectivity index (χ0n) is 21.7. The minimum absolute atomic E-state index is 0.00434. The maximum absolute atomic E-state index is 13.2. The van der Waals surface area contributed by atoms with E-state index in [0.29, 0.717) is 40.0 Å². The number of hydrogen-bond acceptors (Lipinski definition) is 9. The lowest BCUT2D eigenvalue weighted by molar-refractivity contribution is -0.121. The molecule has 40 heavy (non-hydrogen) atoms. The van der Waals surface area contributed by atoms with Crippen molar-refractivity contribution in [1.82, 2.24) is 19.9 Å². The standard InChI is InChI=1S/C28H25N5O6S/c1-15(34)17-4-5-20-22(13-40(37,38)24(20)9-17)32-21-11-33(2)27-25(21)30-14-31-26(27)28(36)29-10-16-3-6-23-18(7-16)8-19(35)12-39-23/h3-7,9,11,14,22,32H,8,10,12-13H2,1-2H3,(H,29,36). The number of carbonyl (C=O) groups is 3. The van der Waals surface area contributed by atoms with Crippen LogP contribution in [0.3, 0.4) is 0 Å². The highest BCUT2D eigenvalue weighted by Crippen LogP contribution is 2.38. The second-order valence-electron chi connectivity index (χ2n) is 9.99. The quantitative estimate of drug-likeness (QED) is 0.340. The SMILES string of the molecule is CC(=O)c1ccc2c(c1)S(=O)(=O)CC2Nc1cn(C)c2c(C(=O)NCc3ccc4c(c3)CC(=O)CO4)ncnc12. The number of ether oxygens (including phenoxy) is 1. The molecule has 11 nitrogen and oxygen atoms in total. The molecule has 2 aliphatic rings. The van der Waals surface area contributed by atoms with Crippen LogP contribution in [0.2, 0.25) is 0 Å². The maximum Gasteiger partial charge on any atom is 0.272 e. The molecular formula is C28H25N5O6S. The van der Waals surface area contributed by atoms with E-state index >= 15 is 0 Å². The molecule has 204 valence electrons. The van der Waals surface area contributed by atoms with Crippen LogP contribution in [0.4, 0.5) is 5.69 Å². The molecule has 0 bridgehead atoms. The van der Waals surface area contributed by atoms with Crippen LogP contribution in [-0.4, -0.2) is 52.8 Å². The Hall–Kier alpha value is -4.58. The van der Waals surface area contributed by atoms with Crippen LogP contribution in [0.5, 0.6) is 5.75 Å². The average molecular weight is 560 g/mol. The largest absolute Gasteiger partial charge is 0.486 e. The Morgan fingerprint density at radius 1 is 1.15 bits per heavy atom. The third-order valence-corrected chi connectivity index (χ3v) is 8.96. The Morgan fingerprint density at radius 3 is 2.77 bits per heavy atom. The Morgan fingerprint density at radius 2 is 1.98 bits per heavy atom. The van der Waals surface area contributed by atoms with Crippen molar-refractivity contribution in [2.75, 3.05) is 17.7 Å². The fraction of sp³-hybridized carbons (Fsp3) is 0.250. The molecule has 4 heterocycles. The molecule has 0 saturated heterocycles. The van der Waals surface area contributed by atoms with Gasteiger partial charge in [0.2, 0.25) is 0 Å². The number of hydrogen-bond donors (Lipinski definition) is 2. The van der Waals surface area contributed by atoms with E-state index in [9.17, 15) is 22.8 Å². The van der Waals surface area contributed by atoms with Crippen molar-refractivity contribution in [3.05, 3.63) is 76.9 Å². The fourth-order valence-electron chi connectivity index (χ4n) is 5.23. The van der Waals surface area contributed by atoms with Gasteiger partial charge < -0.3 is 19.9 Å². The number of nitrogens with one attached hydrogen (secondary N) is 2. The van der Waals surface area contributed by atoms with Crippen molar-refractivity contribution >= 4 is 44.0 Å². The van der Waals surface area contributed by atoms with Gasteiger partial charge in [-0.15, -0.1) is 0 Å². The molecule has 0 aliphatic carbocycles. The summed E-state index contributed by atoms with van der Waals surface area (Å²) in [5.74, 6) is -0.106. The van der Waals surface area contributed by atoms with Crippen molar-refractivity contribution < 1.29 is 27.5 Å². The Kier molecular flexibility index (Phi) is 6.14. The average Bonchev–Trinajstić information content (AvgIpc) is 3.38. The molecule has 12 heteroatoms. The van der Waals surface area contributed by atoms with Gasteiger partial charge in [0.1, 0.15) is 29.7 Å². The van der Waals surface area contributed by atoms with E-state index in [2.05, 4.69) is 20.6 Å². The highest BCUT2D eigenvalue weighted by atomic mass is 32.2. The summed E-state index contributed by atoms with van der Waals surface area (Å²) < 4.78 is 32.9. The number of nitrogens with zero attached hydrogens (tertiary/aromatic N) is 3. The van der Waals surface area contributed by atoms with E-state index in [4.69, 9.17) is 4.74 Å². The summed E-state index contributed by atoms with van der Waals surface area (Å²) in [6.07, 6.45) is 3.33. The van der Waals surface area contributed by atoms with Gasteiger partial charge in [-0.25, -0.2) is 18.4 Å². The minimum Gasteiger partial charge on any atom is -0.486 e. The highest BCUT2D eigenvalue weighted by molar-refractivity contribution is 7.91. The monoisotopic (exact) mass is 559 g/mol. The number of carbonyl (C=O) groups excluding carboxylic acids is 3. The fourth-order valence-corrected chi connectivity index (χ4v) is 6.98. The van der Waals surface area contributed by atoms with Gasteiger partial charge in [-0.3, -0.25) is 14.4 Å². The van der Waals surface area contributed by atoms with Gasteiger partial charge in [0.05, 0.1) is 22.4 Å². The molecule has 6 rings (SSSR count). The number of ketones is 2. The smallest absolute Gasteiger partial charge is 0.272 e. The summed E-state index contributed by atoms with van der Waals surface area (Å²) in [4.78, 5) is 45.5. The number of rotatable bonds is 6. The molecule has 2 aromatic heterocycles. The van der Waals surface area contributed by atoms with Gasteiger partial charge >= 0.3 is 0 Å². The molecule has 1 atom stereocenters. The summed E-state index contributed by atoms with van der Waals surface area (Å²) in [5.41, 5.74) is 4.20. The second kappa shape index (κ2) is 9.56. The first-order valence-corrected chi connectivity index (χ1v) is 14.2. The first-order chi connectivity index (χ1) is 19.1. The van der Waals surface area contributed by atoms with Crippen molar-refractivity contribution in [2.45, 2.75) is 30.8 Å². The molecule has 2 N–H and O–H groups in total. The third kappa shape index (κ3) is 4.49. The van der Waals surface area contributed by atoms with E-state index in [1.165, 1.54) is 19.3 Å². The Bertz CT molecular complexity index is 1850. The Labute approximate surface area is 229 Å². The van der Waals surface area contributed by atoms with Gasteiger partial charge in [0.25, 0.3) is 5.91 Å². The predicted octanol–water partition coefficient (Wildman–Crippen LogP) is 2.55. The van der Waals surface area contributed by atoms with Gasteiger partial charge in [-0.2, -0.15) is 0 Å². The van der Waals surface area contributed by atoms with Crippen LogP contribution < -0.4 is 15.4 Å². The molecule has 1 unspecified atom stereocenters. The normalized spacial score (nSPS) is 17.1. The molecule has 2 aliphatic heterocycles. The molecule has 4 aromatic rings. The lowest BCUT2D eigenvalue weighted by Crippen LogP contribution is -2.25. The van der Waals surface area contributed by atoms with E-state index < -0.39 is 21.8 Å². The molecule has 0 radical (unpaired) electrons. The minimum atomic E-state index is -3.59. The topological polar surface area (TPSA) is 149 Å². The number of sulfone groups is 1. The molecular weight excluding hydrogens is 534 g/mol.